The molecule has 0 aliphatic carbocycles. The molecule has 0 N–H and O–H groups in total. The van der Waals surface area contributed by atoms with Gasteiger partial charge in [0.2, 0.25) is 0 Å². The smallest absolute Gasteiger partial charge is 0.345 e. The van der Waals surface area contributed by atoms with E-state index in [9.17, 15) is 14.9 Å². The van der Waals surface area contributed by atoms with Gasteiger partial charge in [0.05, 0.1) is 24.7 Å². The molecule has 1 rings (SSSR count). The number of carbonyl (C=O) groups is 1. The second kappa shape index (κ2) is 8.69. The number of benzene rings is 1. The van der Waals surface area contributed by atoms with Gasteiger partial charge in [-0.05, 0) is 39.5 Å². The van der Waals surface area contributed by atoms with E-state index in [-0.39, 0.29) is 22.7 Å². The molecule has 0 radical (unpaired) electrons. The SMILES string of the molecule is COc1cc(C(=O)OC(C)(C)C)c([N+](=O)[O-])cc1OCCCC(C)C. The standard InChI is InChI=1S/C18H27NO6/c1-12(2)8-7-9-24-16-11-14(19(21)22)13(10-15(16)23-6)17(20)25-18(3,4)5/h10-12H,7-9H2,1-6H3. The Morgan fingerprint density at radius 1 is 1.24 bits per heavy atom. The van der Waals surface area contributed by atoms with E-state index in [0.29, 0.717) is 12.5 Å². The number of esters is 1. The van der Waals surface area contributed by atoms with Crippen molar-refractivity contribution in [3.63, 3.8) is 0 Å². The van der Waals surface area contributed by atoms with Crippen LogP contribution in [0.1, 0.15) is 57.8 Å². The fourth-order valence-corrected chi connectivity index (χ4v) is 2.14. The number of hydrogen-bond donors (Lipinski definition) is 0. The first-order valence-corrected chi connectivity index (χ1v) is 8.27. The summed E-state index contributed by atoms with van der Waals surface area (Å²) in [6.45, 7) is 9.72. The molecule has 25 heavy (non-hydrogen) atoms. The summed E-state index contributed by atoms with van der Waals surface area (Å²) in [6.07, 6.45) is 1.81. The fraction of sp³-hybridized carbons (Fsp3) is 0.611. The van der Waals surface area contributed by atoms with Crippen molar-refractivity contribution in [1.82, 2.24) is 0 Å². The van der Waals surface area contributed by atoms with Crippen molar-refractivity contribution in [2.24, 2.45) is 5.92 Å². The maximum absolute atomic E-state index is 12.3. The van der Waals surface area contributed by atoms with Gasteiger partial charge in [-0.3, -0.25) is 10.1 Å². The Morgan fingerprint density at radius 2 is 1.88 bits per heavy atom. The Kier molecular flexibility index (Phi) is 7.21. The van der Waals surface area contributed by atoms with E-state index in [0.717, 1.165) is 12.8 Å². The highest BCUT2D eigenvalue weighted by molar-refractivity contribution is 5.95. The first-order chi connectivity index (χ1) is 11.5. The third-order valence-corrected chi connectivity index (χ3v) is 3.28. The topological polar surface area (TPSA) is 87.9 Å². The van der Waals surface area contributed by atoms with Gasteiger partial charge >= 0.3 is 5.97 Å². The Balaban J connectivity index is 3.11. The van der Waals surface area contributed by atoms with Gasteiger partial charge in [0, 0.05) is 6.07 Å². The van der Waals surface area contributed by atoms with Crippen molar-refractivity contribution >= 4 is 11.7 Å². The highest BCUT2D eigenvalue weighted by Gasteiger charge is 2.28. The van der Waals surface area contributed by atoms with E-state index in [4.69, 9.17) is 14.2 Å². The Bertz CT molecular complexity index is 619. The van der Waals surface area contributed by atoms with Crippen molar-refractivity contribution in [2.75, 3.05) is 13.7 Å². The van der Waals surface area contributed by atoms with Crippen molar-refractivity contribution in [1.29, 1.82) is 0 Å². The molecule has 0 heterocycles. The summed E-state index contributed by atoms with van der Waals surface area (Å²) in [5, 5.41) is 11.4. The lowest BCUT2D eigenvalue weighted by atomic mass is 10.1. The van der Waals surface area contributed by atoms with Crippen LogP contribution in [0.15, 0.2) is 12.1 Å². The van der Waals surface area contributed by atoms with Crippen LogP contribution in [-0.4, -0.2) is 30.2 Å². The third-order valence-electron chi connectivity index (χ3n) is 3.28. The molecule has 0 spiro atoms. The second-order valence-corrected chi connectivity index (χ2v) is 7.16. The van der Waals surface area contributed by atoms with E-state index >= 15 is 0 Å². The maximum Gasteiger partial charge on any atom is 0.345 e. The molecular formula is C18H27NO6. The molecule has 0 amide bonds. The second-order valence-electron chi connectivity index (χ2n) is 7.16. The van der Waals surface area contributed by atoms with E-state index in [1.165, 1.54) is 19.2 Å². The number of rotatable bonds is 8. The minimum absolute atomic E-state index is 0.161. The number of hydrogen-bond acceptors (Lipinski definition) is 6. The molecule has 140 valence electrons. The molecule has 0 atom stereocenters. The predicted molar refractivity (Wildman–Crippen MR) is 94.4 cm³/mol. The average Bonchev–Trinajstić information content (AvgIpc) is 2.48. The molecule has 1 aromatic carbocycles. The summed E-state index contributed by atoms with van der Waals surface area (Å²) in [4.78, 5) is 23.0. The summed E-state index contributed by atoms with van der Waals surface area (Å²) in [7, 11) is 1.42. The molecule has 0 saturated heterocycles. The molecule has 7 nitrogen and oxygen atoms in total. The lowest BCUT2D eigenvalue weighted by molar-refractivity contribution is -0.385. The first kappa shape index (κ1) is 20.7. The first-order valence-electron chi connectivity index (χ1n) is 8.27. The van der Waals surface area contributed by atoms with Crippen LogP contribution in [0.5, 0.6) is 11.5 Å². The van der Waals surface area contributed by atoms with Gasteiger partial charge in [0.15, 0.2) is 11.5 Å². The quantitative estimate of drug-likeness (QED) is 0.298. The zero-order chi connectivity index (χ0) is 19.2. The minimum atomic E-state index is -0.774. The summed E-state index contributed by atoms with van der Waals surface area (Å²) in [6, 6.07) is 2.51. The van der Waals surface area contributed by atoms with Gasteiger partial charge in [-0.15, -0.1) is 0 Å². The molecule has 0 aromatic heterocycles. The zero-order valence-corrected chi connectivity index (χ0v) is 15.8. The van der Waals surface area contributed by atoms with Crippen molar-refractivity contribution in [2.45, 2.75) is 53.1 Å². The Hall–Kier alpha value is -2.31. The highest BCUT2D eigenvalue weighted by Crippen LogP contribution is 2.35. The van der Waals surface area contributed by atoms with Gasteiger partial charge in [-0.1, -0.05) is 13.8 Å². The van der Waals surface area contributed by atoms with Crippen LogP contribution in [0, 0.1) is 16.0 Å². The number of carbonyl (C=O) groups excluding carboxylic acids is 1. The zero-order valence-electron chi connectivity index (χ0n) is 15.8. The summed E-state index contributed by atoms with van der Waals surface area (Å²) >= 11 is 0. The number of nitro groups is 1. The molecule has 0 unspecified atom stereocenters. The fourth-order valence-electron chi connectivity index (χ4n) is 2.14. The van der Waals surface area contributed by atoms with Crippen LogP contribution >= 0.6 is 0 Å². The number of methoxy groups -OCH3 is 1. The number of nitrogens with zero attached hydrogens (tertiary/aromatic N) is 1. The van der Waals surface area contributed by atoms with Gasteiger partial charge in [-0.2, -0.15) is 0 Å². The Morgan fingerprint density at radius 3 is 2.36 bits per heavy atom. The predicted octanol–water partition coefficient (Wildman–Crippen LogP) is 4.37. The molecule has 1 aromatic rings. The normalized spacial score (nSPS) is 11.3. The van der Waals surface area contributed by atoms with Crippen LogP contribution in [0.25, 0.3) is 0 Å². The van der Waals surface area contributed by atoms with Crippen LogP contribution in [0.3, 0.4) is 0 Å². The third kappa shape index (κ3) is 6.60. The van der Waals surface area contributed by atoms with Crippen LogP contribution in [0.2, 0.25) is 0 Å². The van der Waals surface area contributed by atoms with E-state index in [2.05, 4.69) is 13.8 Å². The van der Waals surface area contributed by atoms with Crippen molar-refractivity contribution < 1.29 is 23.9 Å². The number of nitro benzene ring substituents is 1. The molecule has 0 saturated carbocycles. The van der Waals surface area contributed by atoms with E-state index in [1.807, 2.05) is 0 Å². The monoisotopic (exact) mass is 353 g/mol. The molecule has 7 heteroatoms. The summed E-state index contributed by atoms with van der Waals surface area (Å²) in [5.74, 6) is 0.277. The average molecular weight is 353 g/mol. The van der Waals surface area contributed by atoms with Crippen LogP contribution in [-0.2, 0) is 4.74 Å². The van der Waals surface area contributed by atoms with E-state index < -0.39 is 16.5 Å². The molecule has 0 aliphatic rings. The summed E-state index contributed by atoms with van der Waals surface area (Å²) < 4.78 is 16.1. The molecule has 0 aliphatic heterocycles. The van der Waals surface area contributed by atoms with Gasteiger partial charge < -0.3 is 14.2 Å². The number of ether oxygens (including phenoxy) is 3. The van der Waals surface area contributed by atoms with Crippen LogP contribution in [0.4, 0.5) is 5.69 Å². The van der Waals surface area contributed by atoms with Crippen molar-refractivity contribution in [3.8, 4) is 11.5 Å². The van der Waals surface area contributed by atoms with Gasteiger partial charge in [-0.25, -0.2) is 4.79 Å². The largest absolute Gasteiger partial charge is 0.493 e. The lowest BCUT2D eigenvalue weighted by Gasteiger charge is -2.20. The molecular weight excluding hydrogens is 326 g/mol. The molecule has 0 fully saturated rings. The molecule has 0 bridgehead atoms. The van der Waals surface area contributed by atoms with Gasteiger partial charge in [0.1, 0.15) is 11.2 Å². The highest BCUT2D eigenvalue weighted by atomic mass is 16.6. The Labute approximate surface area is 148 Å². The van der Waals surface area contributed by atoms with Crippen LogP contribution < -0.4 is 9.47 Å². The summed E-state index contributed by atoms with van der Waals surface area (Å²) in [5.41, 5.74) is -1.29. The van der Waals surface area contributed by atoms with Gasteiger partial charge in [0.25, 0.3) is 5.69 Å². The lowest BCUT2D eigenvalue weighted by Crippen LogP contribution is -2.24. The van der Waals surface area contributed by atoms with Crippen molar-refractivity contribution in [3.05, 3.63) is 27.8 Å². The minimum Gasteiger partial charge on any atom is -0.493 e. The van der Waals surface area contributed by atoms with E-state index in [1.54, 1.807) is 20.8 Å². The maximum atomic E-state index is 12.3.